The van der Waals surface area contributed by atoms with Gasteiger partial charge < -0.3 is 29.7 Å². The third-order valence-corrected chi connectivity index (χ3v) is 22.4. The Hall–Kier alpha value is -11.5. The molecule has 3 atom stereocenters. The number of hydrogen-bond acceptors (Lipinski definition) is 29. The predicted molar refractivity (Wildman–Crippen MR) is 479 cm³/mol. The molecule has 604 valence electrons. The van der Waals surface area contributed by atoms with Gasteiger partial charge in [0.25, 0.3) is 0 Å². The molecular weight excluding hydrogens is 1590 g/mol. The Kier molecular flexibility index (Phi) is 32.7. The maximum absolute atomic E-state index is 5.35. The maximum atomic E-state index is 5.35. The Morgan fingerprint density at radius 2 is 0.695 bits per heavy atom. The number of aromatic nitrogens is 17. The van der Waals surface area contributed by atoms with Gasteiger partial charge in [0.15, 0.2) is 0 Å². The molecule has 3 unspecified atom stereocenters. The molecule has 16 heterocycles. The van der Waals surface area contributed by atoms with E-state index >= 15 is 0 Å². The van der Waals surface area contributed by atoms with Gasteiger partial charge >= 0.3 is 6.01 Å². The number of thiazole rings is 6. The van der Waals surface area contributed by atoms with Crippen LogP contribution in [0.25, 0.3) is 0 Å². The van der Waals surface area contributed by atoms with Gasteiger partial charge in [-0.1, -0.05) is 42.4 Å². The van der Waals surface area contributed by atoms with E-state index in [9.17, 15) is 0 Å². The number of aryl methyl sites for hydroxylation is 6. The number of piperidine rings is 2. The highest BCUT2D eigenvalue weighted by Gasteiger charge is 2.24. The van der Waals surface area contributed by atoms with Gasteiger partial charge in [-0.05, 0) is 201 Å². The van der Waals surface area contributed by atoms with Crippen molar-refractivity contribution < 1.29 is 4.74 Å². The summed E-state index contributed by atoms with van der Waals surface area (Å²) >= 11 is 9.63. The number of anilines is 5. The lowest BCUT2D eigenvalue weighted by Gasteiger charge is -2.30. The monoisotopic (exact) mass is 1680 g/mol. The van der Waals surface area contributed by atoms with Crippen molar-refractivity contribution in [3.05, 3.63) is 210 Å². The van der Waals surface area contributed by atoms with Crippen LogP contribution >= 0.6 is 68.0 Å². The molecule has 0 aliphatic carbocycles. The Bertz CT molecular complexity index is 5460. The Labute approximate surface area is 717 Å². The standard InChI is InChI=1S/C16H18N4S.C16H17N3S.2C15H16N4S.C14H16N4S.C13H13N3OS/c1-12-4-3-7-20(10-12)16-17-8-14(9-18-16)5-6-15-11-21-13(2)19-15;1-12-4-3-9-19(12)16-8-6-14(10-17-16)5-7-15-11-20-13(2)18-15;1-11-4-3-7-19(11)15-16-8-13(9-17-15)5-6-14-10-20-12(2)18-14;1-12-18-14(11-20-12)6-5-13-9-16-15(17-10-13)19-7-3-2-4-8-19;1-10-17-12(9-19-10)6-5-11-7-15-13(16-8-11)18-14(2,3)4;1-9(2)17-13-14-6-11(7-15-13)4-5-12-8-18-10(3)16-12/h8-9,11-12H,3-4,7,10H2,1-2H3;6,8,10-12H,3-4,9H2,1-2H3;8-11H,3-4,7H2,1-2H3;9-11H,2-4,7-8H2,1H3;7-9H,1-4H3,(H,15,16,18);6-9H,1-3H3. The SMILES string of the molecule is Cc1nc(C#Cc2ccc(N3CCCC3C)nc2)cs1.Cc1nc(C#Cc2cnc(N3CCCC(C)C3)nc2)cs1.Cc1nc(C#Cc2cnc(N3CCCC3C)nc2)cs1.Cc1nc(C#Cc2cnc(N3CCCCC3)nc2)cs1.Cc1nc(C#Cc2cnc(NC(C)(C)C)nc2)cs1.Cc1nc(C#Cc2cnc(OC(C)C)nc2)cs1. The summed E-state index contributed by atoms with van der Waals surface area (Å²) in [6, 6.07) is 5.61. The summed E-state index contributed by atoms with van der Waals surface area (Å²) in [5, 5.41) is 21.1. The second-order valence-electron chi connectivity index (χ2n) is 29.4. The van der Waals surface area contributed by atoms with Crippen molar-refractivity contribution in [2.24, 2.45) is 5.92 Å². The molecule has 23 nitrogen and oxygen atoms in total. The first kappa shape index (κ1) is 87.3. The van der Waals surface area contributed by atoms with Crippen LogP contribution in [0.4, 0.5) is 29.6 Å². The molecule has 1 N–H and O–H groups in total. The number of pyridine rings is 1. The van der Waals surface area contributed by atoms with Crippen LogP contribution in [-0.4, -0.2) is 148 Å². The van der Waals surface area contributed by atoms with E-state index in [4.69, 9.17) is 4.74 Å². The van der Waals surface area contributed by atoms with Crippen molar-refractivity contribution in [1.82, 2.24) is 84.7 Å². The zero-order chi connectivity index (χ0) is 83.2. The molecule has 0 aromatic carbocycles. The second-order valence-corrected chi connectivity index (χ2v) is 35.8. The van der Waals surface area contributed by atoms with Gasteiger partial charge in [-0.25, -0.2) is 84.7 Å². The van der Waals surface area contributed by atoms with Gasteiger partial charge in [0.1, 0.15) is 40.0 Å². The summed E-state index contributed by atoms with van der Waals surface area (Å²) in [7, 11) is 0. The minimum absolute atomic E-state index is 0.0503. The van der Waals surface area contributed by atoms with Crippen molar-refractivity contribution in [2.45, 2.75) is 178 Å². The van der Waals surface area contributed by atoms with Crippen LogP contribution in [0.3, 0.4) is 0 Å². The number of nitrogens with one attached hydrogen (secondary N) is 1. The highest BCUT2D eigenvalue weighted by atomic mass is 32.1. The van der Waals surface area contributed by atoms with Gasteiger partial charge in [-0.2, -0.15) is 0 Å². The summed E-state index contributed by atoms with van der Waals surface area (Å²) < 4.78 is 5.35. The van der Waals surface area contributed by atoms with Crippen molar-refractivity contribution in [3.63, 3.8) is 0 Å². The Morgan fingerprint density at radius 3 is 1.03 bits per heavy atom. The Morgan fingerprint density at radius 1 is 0.364 bits per heavy atom. The van der Waals surface area contributed by atoms with Crippen LogP contribution in [0, 0.1) is 119 Å². The third kappa shape index (κ3) is 29.3. The maximum Gasteiger partial charge on any atom is 0.316 e. The first-order valence-electron chi connectivity index (χ1n) is 39.2. The van der Waals surface area contributed by atoms with E-state index in [2.05, 4.69) is 228 Å². The summed E-state index contributed by atoms with van der Waals surface area (Å²) in [4.78, 5) is 82.7. The van der Waals surface area contributed by atoms with Crippen LogP contribution in [-0.2, 0) is 0 Å². The van der Waals surface area contributed by atoms with Crippen LogP contribution in [0.1, 0.15) is 211 Å². The molecule has 0 bridgehead atoms. The summed E-state index contributed by atoms with van der Waals surface area (Å²) in [5.41, 5.74) is 9.74. The lowest BCUT2D eigenvalue weighted by atomic mass is 10.0. The molecule has 16 rings (SSSR count). The number of rotatable bonds is 7. The molecular formula is C89H96N22OS6. The van der Waals surface area contributed by atoms with E-state index in [1.54, 1.807) is 130 Å². The van der Waals surface area contributed by atoms with Gasteiger partial charge in [0, 0.05) is 163 Å². The summed E-state index contributed by atoms with van der Waals surface area (Å²) in [5.74, 6) is 41.3. The fourth-order valence-electron chi connectivity index (χ4n) is 12.0. The minimum Gasteiger partial charge on any atom is -0.461 e. The molecule has 0 radical (unpaired) electrons. The lowest BCUT2D eigenvalue weighted by molar-refractivity contribution is 0.222. The average Bonchev–Trinajstić information content (AvgIpc) is 1.55. The van der Waals surface area contributed by atoms with E-state index < -0.39 is 0 Å². The summed E-state index contributed by atoms with van der Waals surface area (Å²) in [6.07, 6.45) is 30.7. The zero-order valence-corrected chi connectivity index (χ0v) is 74.0. The van der Waals surface area contributed by atoms with Crippen molar-refractivity contribution in [1.29, 1.82) is 0 Å². The first-order chi connectivity index (χ1) is 57.0. The van der Waals surface area contributed by atoms with E-state index in [1.807, 2.05) is 99.9 Å². The predicted octanol–water partition coefficient (Wildman–Crippen LogP) is 16.7. The third-order valence-electron chi connectivity index (χ3n) is 17.7. The van der Waals surface area contributed by atoms with E-state index in [0.717, 1.165) is 166 Å². The quantitative estimate of drug-likeness (QED) is 0.146. The van der Waals surface area contributed by atoms with Crippen molar-refractivity contribution in [2.75, 3.05) is 64.2 Å². The molecule has 4 aliphatic heterocycles. The van der Waals surface area contributed by atoms with Gasteiger partial charge in [0.2, 0.25) is 23.8 Å². The number of ether oxygens (including phenoxy) is 1. The summed E-state index contributed by atoms with van der Waals surface area (Å²) in [6.45, 7) is 35.0. The van der Waals surface area contributed by atoms with Gasteiger partial charge in [0.05, 0.1) is 64.0 Å². The fourth-order valence-corrected chi connectivity index (χ4v) is 15.3. The topological polar surface area (TPSA) is 253 Å². The van der Waals surface area contributed by atoms with E-state index in [0.29, 0.717) is 24.0 Å². The lowest BCUT2D eigenvalue weighted by Crippen LogP contribution is -2.35. The zero-order valence-electron chi connectivity index (χ0n) is 69.1. The first-order valence-corrected chi connectivity index (χ1v) is 44.5. The molecule has 12 aromatic rings. The van der Waals surface area contributed by atoms with Gasteiger partial charge in [-0.3, -0.25) is 0 Å². The molecule has 4 fully saturated rings. The van der Waals surface area contributed by atoms with Crippen LogP contribution in [0.5, 0.6) is 6.01 Å². The average molecular weight is 1680 g/mol. The number of nitrogens with zero attached hydrogens (tertiary/aromatic N) is 21. The van der Waals surface area contributed by atoms with Crippen LogP contribution in [0.15, 0.2) is 113 Å². The van der Waals surface area contributed by atoms with E-state index in [1.165, 1.54) is 57.8 Å². The van der Waals surface area contributed by atoms with Gasteiger partial charge in [-0.15, -0.1) is 68.0 Å². The molecule has 4 saturated heterocycles. The molecule has 4 aliphatic rings. The van der Waals surface area contributed by atoms with Crippen molar-refractivity contribution in [3.8, 4) is 77.1 Å². The van der Waals surface area contributed by atoms with Crippen molar-refractivity contribution >= 4 is 97.6 Å². The highest BCUT2D eigenvalue weighted by Crippen LogP contribution is 2.26. The normalized spacial score (nSPS) is 15.1. The van der Waals surface area contributed by atoms with Crippen LogP contribution in [0.2, 0.25) is 0 Å². The smallest absolute Gasteiger partial charge is 0.316 e. The number of hydrogen-bond donors (Lipinski definition) is 1. The molecule has 0 amide bonds. The highest BCUT2D eigenvalue weighted by molar-refractivity contribution is 7.11. The molecule has 0 saturated carbocycles. The largest absolute Gasteiger partial charge is 0.461 e. The minimum atomic E-state index is -0.0503. The molecule has 118 heavy (non-hydrogen) atoms. The Balaban J connectivity index is 0.000000139. The molecule has 0 spiro atoms. The molecule has 12 aromatic heterocycles. The fraction of sp³-hybridized carbons (Fsp3) is 0.382. The van der Waals surface area contributed by atoms with Crippen LogP contribution < -0.4 is 29.7 Å². The molecule has 29 heteroatoms. The van der Waals surface area contributed by atoms with E-state index in [-0.39, 0.29) is 11.6 Å². The second kappa shape index (κ2) is 44.2.